The van der Waals surface area contributed by atoms with Crippen molar-refractivity contribution in [2.45, 2.75) is 50.7 Å². The fourth-order valence-corrected chi connectivity index (χ4v) is 4.85. The molecule has 0 radical (unpaired) electrons. The molecule has 5 heteroatoms. The van der Waals surface area contributed by atoms with E-state index >= 15 is 0 Å². The Morgan fingerprint density at radius 3 is 2.44 bits per heavy atom. The van der Waals surface area contributed by atoms with Gasteiger partial charge in [-0.3, -0.25) is 4.90 Å². The highest BCUT2D eigenvalue weighted by molar-refractivity contribution is 5.28. The molecule has 174 valence electrons. The van der Waals surface area contributed by atoms with Gasteiger partial charge in [-0.15, -0.1) is 0 Å². The highest BCUT2D eigenvalue weighted by Crippen LogP contribution is 2.25. The minimum atomic E-state index is -0.809. The second kappa shape index (κ2) is 11.7. The van der Waals surface area contributed by atoms with Crippen molar-refractivity contribution in [1.29, 1.82) is 0 Å². The Morgan fingerprint density at radius 2 is 1.59 bits per heavy atom. The van der Waals surface area contributed by atoms with Crippen molar-refractivity contribution < 1.29 is 14.6 Å². The van der Waals surface area contributed by atoms with Crippen molar-refractivity contribution in [1.82, 2.24) is 9.80 Å². The molecule has 0 amide bonds. The van der Waals surface area contributed by atoms with Crippen LogP contribution in [0.3, 0.4) is 0 Å². The zero-order chi connectivity index (χ0) is 22.1. The third-order valence-electron chi connectivity index (χ3n) is 6.53. The van der Waals surface area contributed by atoms with E-state index in [1.807, 2.05) is 36.4 Å². The van der Waals surface area contributed by atoms with Gasteiger partial charge in [-0.2, -0.15) is 0 Å². The number of hydrogen-bond acceptors (Lipinski definition) is 5. The van der Waals surface area contributed by atoms with E-state index in [1.54, 1.807) is 0 Å². The number of nitrogens with zero attached hydrogens (tertiary/aromatic N) is 2. The zero-order valence-corrected chi connectivity index (χ0v) is 19.3. The molecule has 0 saturated carbocycles. The smallest absolute Gasteiger partial charge is 0.119 e. The number of aliphatic hydroxyl groups is 1. The molecule has 2 saturated heterocycles. The van der Waals surface area contributed by atoms with E-state index in [0.717, 1.165) is 57.0 Å². The van der Waals surface area contributed by atoms with Gasteiger partial charge in [-0.25, -0.2) is 0 Å². The fourth-order valence-electron chi connectivity index (χ4n) is 4.85. The Bertz CT molecular complexity index is 810. The van der Waals surface area contributed by atoms with Crippen LogP contribution >= 0.6 is 0 Å². The summed E-state index contributed by atoms with van der Waals surface area (Å²) in [4.78, 5) is 4.88. The third kappa shape index (κ3) is 7.22. The second-order valence-corrected chi connectivity index (χ2v) is 9.39. The van der Waals surface area contributed by atoms with Gasteiger partial charge in [0.15, 0.2) is 0 Å². The summed E-state index contributed by atoms with van der Waals surface area (Å²) >= 11 is 0. The number of ether oxygens (including phenoxy) is 2. The molecule has 2 aliphatic heterocycles. The predicted molar refractivity (Wildman–Crippen MR) is 128 cm³/mol. The predicted octanol–water partition coefficient (Wildman–Crippen LogP) is 4.35. The standard InChI is InChI=1S/C27H38N2O3/c30-27(23-32-25-11-3-1-4-12-25)14-8-17-29(22-27)21-24-10-7-13-26(20-24)31-19-9-18-28-15-5-2-6-16-28/h1,3-4,7,10-13,20,30H,2,5-6,8-9,14-19,21-23H2/t27-/m1/s1. The first-order valence-electron chi connectivity index (χ1n) is 12.3. The maximum absolute atomic E-state index is 11.1. The quantitative estimate of drug-likeness (QED) is 0.559. The first-order chi connectivity index (χ1) is 15.7. The Hall–Kier alpha value is -2.08. The van der Waals surface area contributed by atoms with Crippen LogP contribution in [0.4, 0.5) is 0 Å². The third-order valence-corrected chi connectivity index (χ3v) is 6.53. The minimum Gasteiger partial charge on any atom is -0.494 e. The summed E-state index contributed by atoms with van der Waals surface area (Å²) in [5, 5.41) is 11.1. The number of likely N-dealkylation sites (tertiary alicyclic amines) is 2. The molecule has 1 N–H and O–H groups in total. The molecule has 0 bridgehead atoms. The molecule has 5 nitrogen and oxygen atoms in total. The molecule has 2 heterocycles. The van der Waals surface area contributed by atoms with Crippen LogP contribution in [0.2, 0.25) is 0 Å². The van der Waals surface area contributed by atoms with Gasteiger partial charge >= 0.3 is 0 Å². The molecular formula is C27H38N2O3. The molecule has 0 unspecified atom stereocenters. The number of hydrogen-bond donors (Lipinski definition) is 1. The van der Waals surface area contributed by atoms with E-state index in [9.17, 15) is 5.11 Å². The van der Waals surface area contributed by atoms with Crippen molar-refractivity contribution in [3.05, 3.63) is 60.2 Å². The van der Waals surface area contributed by atoms with E-state index in [0.29, 0.717) is 13.2 Å². The van der Waals surface area contributed by atoms with Crippen LogP contribution in [0.1, 0.15) is 44.1 Å². The summed E-state index contributed by atoms with van der Waals surface area (Å²) in [6.45, 7) is 7.15. The summed E-state index contributed by atoms with van der Waals surface area (Å²) < 4.78 is 11.9. The molecule has 2 aromatic carbocycles. The number of β-amino-alcohol motifs (C(OH)–C–C–N with tert-alkyl or cyclic N) is 1. The monoisotopic (exact) mass is 438 g/mol. The van der Waals surface area contributed by atoms with Crippen LogP contribution < -0.4 is 9.47 Å². The fraction of sp³-hybridized carbons (Fsp3) is 0.556. The lowest BCUT2D eigenvalue weighted by Crippen LogP contribution is -2.51. The van der Waals surface area contributed by atoms with Crippen LogP contribution in [0, 0.1) is 0 Å². The average molecular weight is 439 g/mol. The summed E-state index contributed by atoms with van der Waals surface area (Å²) in [5.41, 5.74) is 0.420. The molecule has 4 rings (SSSR count). The van der Waals surface area contributed by atoms with Gasteiger partial charge < -0.3 is 19.5 Å². The molecular weight excluding hydrogens is 400 g/mol. The lowest BCUT2D eigenvalue weighted by Gasteiger charge is -2.39. The number of piperidine rings is 2. The minimum absolute atomic E-state index is 0.327. The molecule has 2 aliphatic rings. The van der Waals surface area contributed by atoms with Crippen molar-refractivity contribution in [3.63, 3.8) is 0 Å². The summed E-state index contributed by atoms with van der Waals surface area (Å²) in [5.74, 6) is 1.75. The topological polar surface area (TPSA) is 45.2 Å². The van der Waals surface area contributed by atoms with Crippen LogP contribution in [-0.4, -0.2) is 66.4 Å². The zero-order valence-electron chi connectivity index (χ0n) is 19.3. The second-order valence-electron chi connectivity index (χ2n) is 9.39. The van der Waals surface area contributed by atoms with Crippen molar-refractivity contribution in [2.75, 3.05) is 45.9 Å². The van der Waals surface area contributed by atoms with Crippen LogP contribution in [0.5, 0.6) is 11.5 Å². The van der Waals surface area contributed by atoms with Crippen LogP contribution in [0.25, 0.3) is 0 Å². The van der Waals surface area contributed by atoms with Crippen LogP contribution in [-0.2, 0) is 6.54 Å². The van der Waals surface area contributed by atoms with Gasteiger partial charge in [-0.05, 0) is 81.6 Å². The lowest BCUT2D eigenvalue weighted by molar-refractivity contribution is -0.0621. The molecule has 0 spiro atoms. The number of benzene rings is 2. The Labute approximate surface area is 192 Å². The molecule has 0 aromatic heterocycles. The van der Waals surface area contributed by atoms with E-state index < -0.39 is 5.60 Å². The van der Waals surface area contributed by atoms with Gasteiger partial charge in [0.2, 0.25) is 0 Å². The first kappa shape index (κ1) is 23.1. The van der Waals surface area contributed by atoms with Gasteiger partial charge in [0.25, 0.3) is 0 Å². The molecule has 0 aliphatic carbocycles. The Morgan fingerprint density at radius 1 is 0.812 bits per heavy atom. The van der Waals surface area contributed by atoms with E-state index in [2.05, 4.69) is 28.0 Å². The highest BCUT2D eigenvalue weighted by atomic mass is 16.5. The average Bonchev–Trinajstić information content (AvgIpc) is 2.82. The van der Waals surface area contributed by atoms with E-state index in [-0.39, 0.29) is 0 Å². The molecule has 32 heavy (non-hydrogen) atoms. The van der Waals surface area contributed by atoms with Crippen LogP contribution in [0.15, 0.2) is 54.6 Å². The Kier molecular flexibility index (Phi) is 8.43. The van der Waals surface area contributed by atoms with Gasteiger partial charge in [0, 0.05) is 19.6 Å². The lowest BCUT2D eigenvalue weighted by atomic mass is 9.93. The van der Waals surface area contributed by atoms with Crippen molar-refractivity contribution in [2.24, 2.45) is 0 Å². The molecule has 2 aromatic rings. The summed E-state index contributed by atoms with van der Waals surface area (Å²) in [6, 6.07) is 18.2. The van der Waals surface area contributed by atoms with Gasteiger partial charge in [0.05, 0.1) is 6.61 Å². The molecule has 2 fully saturated rings. The molecule has 1 atom stereocenters. The van der Waals surface area contributed by atoms with Crippen molar-refractivity contribution >= 4 is 0 Å². The van der Waals surface area contributed by atoms with Gasteiger partial charge in [-0.1, -0.05) is 36.8 Å². The largest absolute Gasteiger partial charge is 0.494 e. The maximum Gasteiger partial charge on any atom is 0.119 e. The first-order valence-corrected chi connectivity index (χ1v) is 12.3. The summed E-state index contributed by atoms with van der Waals surface area (Å²) in [6.07, 6.45) is 6.89. The summed E-state index contributed by atoms with van der Waals surface area (Å²) in [7, 11) is 0. The SMILES string of the molecule is O[C@]1(COc2ccccc2)CCCN(Cc2cccc(OCCCN3CCCCC3)c2)C1. The number of para-hydroxylation sites is 1. The van der Waals surface area contributed by atoms with Crippen molar-refractivity contribution in [3.8, 4) is 11.5 Å². The normalized spacial score (nSPS) is 22.5. The Balaban J connectivity index is 1.22. The van der Waals surface area contributed by atoms with E-state index in [1.165, 1.54) is 37.9 Å². The van der Waals surface area contributed by atoms with E-state index in [4.69, 9.17) is 9.47 Å². The highest BCUT2D eigenvalue weighted by Gasteiger charge is 2.34. The maximum atomic E-state index is 11.1. The number of rotatable bonds is 10. The van der Waals surface area contributed by atoms with Gasteiger partial charge in [0.1, 0.15) is 23.7 Å².